The second-order valence-electron chi connectivity index (χ2n) is 8.92. The van der Waals surface area contributed by atoms with E-state index in [1.54, 1.807) is 54.6 Å². The lowest BCUT2D eigenvalue weighted by molar-refractivity contribution is -0.130. The van der Waals surface area contributed by atoms with Crippen LogP contribution in [0.1, 0.15) is 11.1 Å². The third-order valence-corrected chi connectivity index (χ3v) is 7.63. The summed E-state index contributed by atoms with van der Waals surface area (Å²) < 4.78 is 0.836. The summed E-state index contributed by atoms with van der Waals surface area (Å²) in [6.07, 6.45) is 0.422. The van der Waals surface area contributed by atoms with Gasteiger partial charge in [0.1, 0.15) is 11.3 Å². The summed E-state index contributed by atoms with van der Waals surface area (Å²) in [7, 11) is 0. The van der Waals surface area contributed by atoms with E-state index in [4.69, 9.17) is 0 Å². The fourth-order valence-corrected chi connectivity index (χ4v) is 5.93. The number of carbonyl (C=O) groups excluding carboxylic acids is 3. The van der Waals surface area contributed by atoms with E-state index >= 15 is 0 Å². The summed E-state index contributed by atoms with van der Waals surface area (Å²) >= 11 is 3.39. The van der Waals surface area contributed by atoms with Crippen molar-refractivity contribution in [3.63, 3.8) is 0 Å². The minimum absolute atomic E-state index is 0.148. The maximum absolute atomic E-state index is 13.9. The normalized spacial score (nSPS) is 27.3. The van der Waals surface area contributed by atoms with Gasteiger partial charge in [0, 0.05) is 21.8 Å². The number of hydrogen-bond acceptors (Lipinski definition) is 5. The highest BCUT2D eigenvalue weighted by atomic mass is 79.9. The molecule has 7 nitrogen and oxygen atoms in total. The molecule has 0 radical (unpaired) electrons. The van der Waals surface area contributed by atoms with Crippen LogP contribution in [0.2, 0.25) is 0 Å². The number of nitrogens with one attached hydrogen (secondary N) is 2. The van der Waals surface area contributed by atoms with Gasteiger partial charge in [0.05, 0.1) is 17.5 Å². The standard InChI is InChI=1S/C26H20BrN3O4/c27-15-7-9-16(10-8-15)30-23(32)21-20(13-14-5-11-17(31)12-6-14)29-26(22(21)24(30)33)18-3-1-2-4-19(18)28-25(26)34/h1-12,20-22,29,31H,13H2,(H,28,34)/t20-,21+,22-,26-/m0/s1. The van der Waals surface area contributed by atoms with Crippen LogP contribution in [0.5, 0.6) is 5.75 Å². The molecule has 3 aliphatic heterocycles. The van der Waals surface area contributed by atoms with Gasteiger partial charge in [0.15, 0.2) is 0 Å². The first-order chi connectivity index (χ1) is 16.4. The second-order valence-corrected chi connectivity index (χ2v) is 9.84. The average Bonchev–Trinajstić information content (AvgIpc) is 3.41. The zero-order chi connectivity index (χ0) is 23.6. The van der Waals surface area contributed by atoms with Gasteiger partial charge in [-0.2, -0.15) is 0 Å². The van der Waals surface area contributed by atoms with E-state index in [-0.39, 0.29) is 23.5 Å². The van der Waals surface area contributed by atoms with Crippen molar-refractivity contribution in [3.05, 3.63) is 88.4 Å². The Kier molecular flexibility index (Phi) is 4.65. The van der Waals surface area contributed by atoms with Crippen molar-refractivity contribution < 1.29 is 19.5 Å². The minimum Gasteiger partial charge on any atom is -0.508 e. The van der Waals surface area contributed by atoms with Gasteiger partial charge < -0.3 is 10.4 Å². The number of amides is 3. The molecular weight excluding hydrogens is 498 g/mol. The van der Waals surface area contributed by atoms with Crippen LogP contribution in [0.25, 0.3) is 0 Å². The van der Waals surface area contributed by atoms with Crippen molar-refractivity contribution in [1.82, 2.24) is 5.32 Å². The van der Waals surface area contributed by atoms with Gasteiger partial charge in [-0.15, -0.1) is 0 Å². The summed E-state index contributed by atoms with van der Waals surface area (Å²) in [5.74, 6) is -2.48. The molecule has 3 amide bonds. The topological polar surface area (TPSA) is 98.7 Å². The Balaban J connectivity index is 1.48. The number of carbonyl (C=O) groups is 3. The number of phenolic OH excluding ortho intramolecular Hbond substituents is 1. The van der Waals surface area contributed by atoms with Gasteiger partial charge >= 0.3 is 0 Å². The molecule has 6 rings (SSSR count). The molecular formula is C26H20BrN3O4. The van der Waals surface area contributed by atoms with E-state index in [9.17, 15) is 19.5 Å². The van der Waals surface area contributed by atoms with Gasteiger partial charge in [-0.25, -0.2) is 4.90 Å². The molecule has 3 N–H and O–H groups in total. The second kappa shape index (κ2) is 7.51. The molecule has 3 aromatic carbocycles. The number of aromatic hydroxyl groups is 1. The molecule has 3 aromatic rings. The Labute approximate surface area is 203 Å². The van der Waals surface area contributed by atoms with Gasteiger partial charge in [-0.3, -0.25) is 19.7 Å². The largest absolute Gasteiger partial charge is 0.508 e. The molecule has 0 aliphatic carbocycles. The van der Waals surface area contributed by atoms with Crippen molar-refractivity contribution >= 4 is 45.0 Å². The van der Waals surface area contributed by atoms with Crippen LogP contribution in [0.4, 0.5) is 11.4 Å². The Hall–Kier alpha value is -3.49. The van der Waals surface area contributed by atoms with Gasteiger partial charge in [0.2, 0.25) is 17.7 Å². The van der Waals surface area contributed by atoms with Crippen LogP contribution in [0, 0.1) is 11.8 Å². The van der Waals surface area contributed by atoms with E-state index in [1.807, 2.05) is 18.2 Å². The number of imide groups is 1. The van der Waals surface area contributed by atoms with Gasteiger partial charge in [-0.05, 0) is 54.4 Å². The highest BCUT2D eigenvalue weighted by molar-refractivity contribution is 9.10. The van der Waals surface area contributed by atoms with Gasteiger partial charge in [-0.1, -0.05) is 46.3 Å². The summed E-state index contributed by atoms with van der Waals surface area (Å²) in [4.78, 5) is 42.4. The molecule has 4 atom stereocenters. The highest BCUT2D eigenvalue weighted by Gasteiger charge is 2.70. The molecule has 1 spiro atoms. The van der Waals surface area contributed by atoms with Crippen LogP contribution in [0.3, 0.4) is 0 Å². The molecule has 0 aromatic heterocycles. The Morgan fingerprint density at radius 1 is 0.912 bits per heavy atom. The molecule has 2 fully saturated rings. The molecule has 0 saturated carbocycles. The van der Waals surface area contributed by atoms with Crippen LogP contribution in [-0.2, 0) is 26.3 Å². The molecule has 3 aliphatic rings. The average molecular weight is 518 g/mol. The zero-order valence-corrected chi connectivity index (χ0v) is 19.5. The number of halogens is 1. The van der Waals surface area contributed by atoms with Crippen LogP contribution >= 0.6 is 15.9 Å². The molecule has 0 unspecified atom stereocenters. The van der Waals surface area contributed by atoms with Crippen LogP contribution in [-0.4, -0.2) is 28.9 Å². The number of fused-ring (bicyclic) bond motifs is 4. The lowest BCUT2D eigenvalue weighted by Gasteiger charge is -2.29. The van der Waals surface area contributed by atoms with Gasteiger partial charge in [0.25, 0.3) is 0 Å². The summed E-state index contributed by atoms with van der Waals surface area (Å²) in [6.45, 7) is 0. The number of rotatable bonds is 3. The number of nitrogens with zero attached hydrogens (tertiary/aromatic N) is 1. The SMILES string of the molecule is O=C1[C@@H]2[C@H](Cc3ccc(O)cc3)N[C@]3(C(=O)Nc4ccccc43)[C@@H]2C(=O)N1c1ccc(Br)cc1. The molecule has 170 valence electrons. The monoisotopic (exact) mass is 517 g/mol. The first kappa shape index (κ1) is 21.1. The van der Waals surface area contributed by atoms with E-state index in [0.29, 0.717) is 23.4 Å². The predicted octanol–water partition coefficient (Wildman–Crippen LogP) is 3.32. The number of phenols is 1. The fourth-order valence-electron chi connectivity index (χ4n) is 5.66. The lowest BCUT2D eigenvalue weighted by atomic mass is 9.76. The number of para-hydroxylation sites is 1. The highest BCUT2D eigenvalue weighted by Crippen LogP contribution is 2.53. The van der Waals surface area contributed by atoms with E-state index in [0.717, 1.165) is 10.0 Å². The molecule has 3 heterocycles. The maximum Gasteiger partial charge on any atom is 0.250 e. The minimum atomic E-state index is -1.33. The smallest absolute Gasteiger partial charge is 0.250 e. The van der Waals surface area contributed by atoms with Crippen molar-refractivity contribution in [2.75, 3.05) is 10.2 Å². The first-order valence-electron chi connectivity index (χ1n) is 11.0. The number of benzene rings is 3. The summed E-state index contributed by atoms with van der Waals surface area (Å²) in [5, 5.41) is 16.0. The van der Waals surface area contributed by atoms with Crippen LogP contribution in [0.15, 0.2) is 77.3 Å². The Bertz CT molecular complexity index is 1340. The quantitative estimate of drug-likeness (QED) is 0.463. The molecule has 0 bridgehead atoms. The van der Waals surface area contributed by atoms with E-state index in [1.165, 1.54) is 4.90 Å². The molecule has 2 saturated heterocycles. The maximum atomic E-state index is 13.9. The molecule has 34 heavy (non-hydrogen) atoms. The number of hydrogen-bond donors (Lipinski definition) is 3. The van der Waals surface area contributed by atoms with Crippen molar-refractivity contribution in [2.45, 2.75) is 18.0 Å². The number of anilines is 2. The van der Waals surface area contributed by atoms with Crippen molar-refractivity contribution in [3.8, 4) is 5.75 Å². The zero-order valence-electron chi connectivity index (χ0n) is 17.9. The van der Waals surface area contributed by atoms with E-state index < -0.39 is 23.4 Å². The third-order valence-electron chi connectivity index (χ3n) is 7.10. The summed E-state index contributed by atoms with van der Waals surface area (Å²) in [5.41, 5.74) is 1.37. The Morgan fingerprint density at radius 2 is 1.62 bits per heavy atom. The summed E-state index contributed by atoms with van der Waals surface area (Å²) in [6, 6.07) is 20.6. The lowest BCUT2D eigenvalue weighted by Crippen LogP contribution is -2.53. The predicted molar refractivity (Wildman–Crippen MR) is 129 cm³/mol. The van der Waals surface area contributed by atoms with Crippen molar-refractivity contribution in [1.29, 1.82) is 0 Å². The Morgan fingerprint density at radius 3 is 2.35 bits per heavy atom. The third kappa shape index (κ3) is 2.88. The van der Waals surface area contributed by atoms with E-state index in [2.05, 4.69) is 26.6 Å². The van der Waals surface area contributed by atoms with Crippen LogP contribution < -0.4 is 15.5 Å². The first-order valence-corrected chi connectivity index (χ1v) is 11.8. The van der Waals surface area contributed by atoms with Crippen molar-refractivity contribution in [2.24, 2.45) is 11.8 Å². The molecule has 8 heteroatoms. The fraction of sp³-hybridized carbons (Fsp3) is 0.192.